The Morgan fingerprint density at radius 2 is 1.84 bits per heavy atom. The second-order valence-corrected chi connectivity index (χ2v) is 5.95. The largest absolute Gasteiger partial charge is 0.450 e. The van der Waals surface area contributed by atoms with Gasteiger partial charge < -0.3 is 14.5 Å². The number of halogens is 1. The van der Waals surface area contributed by atoms with Gasteiger partial charge in [-0.2, -0.15) is 0 Å². The number of ether oxygens (including phenoxy) is 1. The van der Waals surface area contributed by atoms with Crippen LogP contribution in [0.25, 0.3) is 10.9 Å². The van der Waals surface area contributed by atoms with Crippen molar-refractivity contribution in [2.24, 2.45) is 0 Å². The van der Waals surface area contributed by atoms with E-state index in [4.69, 9.17) is 4.74 Å². The first-order chi connectivity index (χ1) is 12.0. The van der Waals surface area contributed by atoms with E-state index >= 15 is 0 Å². The third kappa shape index (κ3) is 3.55. The fourth-order valence-corrected chi connectivity index (χ4v) is 2.98. The van der Waals surface area contributed by atoms with Crippen LogP contribution in [0.5, 0.6) is 0 Å². The maximum Gasteiger partial charge on any atom is 0.409 e. The van der Waals surface area contributed by atoms with E-state index in [-0.39, 0.29) is 12.0 Å². The third-order valence-corrected chi connectivity index (χ3v) is 4.22. The summed E-state index contributed by atoms with van der Waals surface area (Å²) in [7, 11) is 0. The zero-order valence-corrected chi connectivity index (χ0v) is 14.3. The Labute approximate surface area is 145 Å². The molecule has 1 aromatic carbocycles. The number of piperazine rings is 1. The second kappa shape index (κ2) is 7.04. The van der Waals surface area contributed by atoms with Crippen LogP contribution in [0.2, 0.25) is 0 Å². The van der Waals surface area contributed by atoms with E-state index in [9.17, 15) is 14.0 Å². The molecule has 0 radical (unpaired) electrons. The monoisotopic (exact) mass is 345 g/mol. The predicted octanol–water partition coefficient (Wildman–Crippen LogP) is 2.60. The molecular formula is C18H20FN3O3. The number of carbonyl (C=O) groups is 2. The molecule has 0 N–H and O–H groups in total. The lowest BCUT2D eigenvalue weighted by Crippen LogP contribution is -2.50. The number of fused-ring (bicyclic) bond motifs is 1. The molecule has 0 unspecified atom stereocenters. The maximum atomic E-state index is 13.6. The summed E-state index contributed by atoms with van der Waals surface area (Å²) in [6.45, 7) is 5.55. The summed E-state index contributed by atoms with van der Waals surface area (Å²) in [6.07, 6.45) is -0.359. The number of aromatic nitrogens is 1. The fourth-order valence-electron chi connectivity index (χ4n) is 2.98. The molecule has 132 valence electrons. The Hall–Kier alpha value is -2.70. The zero-order chi connectivity index (χ0) is 18.0. The van der Waals surface area contributed by atoms with Crippen molar-refractivity contribution in [3.05, 3.63) is 41.3 Å². The van der Waals surface area contributed by atoms with Gasteiger partial charge in [-0.25, -0.2) is 9.18 Å². The first-order valence-corrected chi connectivity index (χ1v) is 8.27. The van der Waals surface area contributed by atoms with Gasteiger partial charge in [0.25, 0.3) is 5.91 Å². The molecule has 1 aliphatic rings. The summed E-state index contributed by atoms with van der Waals surface area (Å²) >= 11 is 0. The normalized spacial score (nSPS) is 14.7. The molecular weight excluding hydrogens is 325 g/mol. The van der Waals surface area contributed by atoms with Crippen LogP contribution < -0.4 is 0 Å². The molecule has 0 atom stereocenters. The molecule has 1 saturated heterocycles. The van der Waals surface area contributed by atoms with Gasteiger partial charge in [0.15, 0.2) is 0 Å². The standard InChI is InChI=1S/C18H20FN3O3/c1-3-25-18(24)22-8-6-21(7-9-22)17(23)15-10-12(2)20-16-5-4-13(19)11-14(15)16/h4-5,10-11H,3,6-9H2,1-2H3. The lowest BCUT2D eigenvalue weighted by atomic mass is 10.1. The molecule has 7 heteroatoms. The SMILES string of the molecule is CCOC(=O)N1CCN(C(=O)c2cc(C)nc3ccc(F)cc23)CC1. The summed E-state index contributed by atoms with van der Waals surface area (Å²) in [5.74, 6) is -0.580. The molecule has 3 rings (SSSR count). The van der Waals surface area contributed by atoms with Crippen molar-refractivity contribution >= 4 is 22.9 Å². The summed E-state index contributed by atoms with van der Waals surface area (Å²) in [5.41, 5.74) is 1.73. The molecule has 1 aliphatic heterocycles. The number of carbonyl (C=O) groups excluding carboxylic acids is 2. The summed E-state index contributed by atoms with van der Waals surface area (Å²) in [5, 5.41) is 0.503. The van der Waals surface area contributed by atoms with E-state index in [2.05, 4.69) is 4.98 Å². The zero-order valence-electron chi connectivity index (χ0n) is 14.3. The lowest BCUT2D eigenvalue weighted by Gasteiger charge is -2.34. The molecule has 0 bridgehead atoms. The van der Waals surface area contributed by atoms with Crippen LogP contribution in [0.4, 0.5) is 9.18 Å². The number of hydrogen-bond acceptors (Lipinski definition) is 4. The highest BCUT2D eigenvalue weighted by atomic mass is 19.1. The van der Waals surface area contributed by atoms with Crippen LogP contribution in [0, 0.1) is 12.7 Å². The van der Waals surface area contributed by atoms with Gasteiger partial charge >= 0.3 is 6.09 Å². The van der Waals surface area contributed by atoms with Gasteiger partial charge in [0.05, 0.1) is 17.7 Å². The minimum Gasteiger partial charge on any atom is -0.450 e. The van der Waals surface area contributed by atoms with Gasteiger partial charge in [0.1, 0.15) is 5.82 Å². The first-order valence-electron chi connectivity index (χ1n) is 8.27. The molecule has 2 heterocycles. The van der Waals surface area contributed by atoms with Gasteiger partial charge in [-0.05, 0) is 38.1 Å². The Bertz CT molecular complexity index is 817. The summed E-state index contributed by atoms with van der Waals surface area (Å²) < 4.78 is 18.6. The van der Waals surface area contributed by atoms with Gasteiger partial charge in [0, 0.05) is 37.3 Å². The van der Waals surface area contributed by atoms with Crippen LogP contribution in [-0.2, 0) is 4.74 Å². The number of aryl methyl sites for hydroxylation is 1. The molecule has 1 fully saturated rings. The number of amides is 2. The number of benzene rings is 1. The molecule has 6 nitrogen and oxygen atoms in total. The van der Waals surface area contributed by atoms with Crippen LogP contribution in [0.3, 0.4) is 0 Å². The van der Waals surface area contributed by atoms with Crippen molar-refractivity contribution in [2.45, 2.75) is 13.8 Å². The topological polar surface area (TPSA) is 62.7 Å². The van der Waals surface area contributed by atoms with E-state index in [1.807, 2.05) is 0 Å². The van der Waals surface area contributed by atoms with Crippen molar-refractivity contribution < 1.29 is 18.7 Å². The first kappa shape index (κ1) is 17.1. The predicted molar refractivity (Wildman–Crippen MR) is 90.9 cm³/mol. The van der Waals surface area contributed by atoms with E-state index < -0.39 is 5.82 Å². The fraction of sp³-hybridized carbons (Fsp3) is 0.389. The van der Waals surface area contributed by atoms with Crippen LogP contribution >= 0.6 is 0 Å². The number of pyridine rings is 1. The van der Waals surface area contributed by atoms with E-state index in [0.717, 1.165) is 0 Å². The summed E-state index contributed by atoms with van der Waals surface area (Å²) in [4.78, 5) is 32.3. The maximum absolute atomic E-state index is 13.6. The van der Waals surface area contributed by atoms with Gasteiger partial charge in [-0.15, -0.1) is 0 Å². The second-order valence-electron chi connectivity index (χ2n) is 5.95. The Morgan fingerprint density at radius 1 is 1.16 bits per heavy atom. The Balaban J connectivity index is 1.81. The lowest BCUT2D eigenvalue weighted by molar-refractivity contribution is 0.0572. The van der Waals surface area contributed by atoms with Gasteiger partial charge in [0.2, 0.25) is 0 Å². The molecule has 1 aromatic heterocycles. The third-order valence-electron chi connectivity index (χ3n) is 4.22. The highest BCUT2D eigenvalue weighted by molar-refractivity contribution is 6.06. The number of nitrogens with zero attached hydrogens (tertiary/aromatic N) is 3. The van der Waals surface area contributed by atoms with Crippen LogP contribution in [0.15, 0.2) is 24.3 Å². The van der Waals surface area contributed by atoms with E-state index in [1.165, 1.54) is 12.1 Å². The number of hydrogen-bond donors (Lipinski definition) is 0. The molecule has 0 aliphatic carbocycles. The molecule has 0 spiro atoms. The van der Waals surface area contributed by atoms with Crippen LogP contribution in [0.1, 0.15) is 23.0 Å². The van der Waals surface area contributed by atoms with Gasteiger partial charge in [-0.3, -0.25) is 9.78 Å². The van der Waals surface area contributed by atoms with Crippen molar-refractivity contribution in [3.63, 3.8) is 0 Å². The van der Waals surface area contributed by atoms with Crippen molar-refractivity contribution in [2.75, 3.05) is 32.8 Å². The smallest absolute Gasteiger partial charge is 0.409 e. The average molecular weight is 345 g/mol. The minimum absolute atomic E-state index is 0.176. The van der Waals surface area contributed by atoms with Crippen molar-refractivity contribution in [1.82, 2.24) is 14.8 Å². The average Bonchev–Trinajstić information content (AvgIpc) is 2.61. The van der Waals surface area contributed by atoms with E-state index in [0.29, 0.717) is 54.9 Å². The van der Waals surface area contributed by atoms with E-state index in [1.54, 1.807) is 35.8 Å². The highest BCUT2D eigenvalue weighted by Gasteiger charge is 2.26. The highest BCUT2D eigenvalue weighted by Crippen LogP contribution is 2.22. The van der Waals surface area contributed by atoms with Crippen molar-refractivity contribution in [1.29, 1.82) is 0 Å². The quantitative estimate of drug-likeness (QED) is 0.839. The minimum atomic E-state index is -0.403. The Morgan fingerprint density at radius 3 is 2.52 bits per heavy atom. The molecule has 2 aromatic rings. The molecule has 2 amide bonds. The summed E-state index contributed by atoms with van der Waals surface area (Å²) in [6, 6.07) is 5.93. The van der Waals surface area contributed by atoms with Gasteiger partial charge in [-0.1, -0.05) is 0 Å². The Kier molecular flexibility index (Phi) is 4.83. The van der Waals surface area contributed by atoms with Crippen LogP contribution in [-0.4, -0.2) is 59.6 Å². The van der Waals surface area contributed by atoms with Crippen molar-refractivity contribution in [3.8, 4) is 0 Å². The number of rotatable bonds is 2. The molecule has 0 saturated carbocycles. The molecule has 25 heavy (non-hydrogen) atoms.